The molecule has 0 fully saturated rings. The van der Waals surface area contributed by atoms with E-state index in [9.17, 15) is 4.79 Å². The molecule has 0 spiro atoms. The molecular formula is C21H22ClN3O2. The Morgan fingerprint density at radius 3 is 2.52 bits per heavy atom. The van der Waals surface area contributed by atoms with Gasteiger partial charge in [-0.2, -0.15) is 5.10 Å². The summed E-state index contributed by atoms with van der Waals surface area (Å²) in [4.78, 5) is 12.3. The first kappa shape index (κ1) is 19.0. The van der Waals surface area contributed by atoms with Gasteiger partial charge >= 0.3 is 0 Å². The predicted octanol–water partition coefficient (Wildman–Crippen LogP) is 4.53. The van der Waals surface area contributed by atoms with E-state index >= 15 is 0 Å². The normalized spacial score (nSPS) is 10.7. The van der Waals surface area contributed by atoms with Crippen LogP contribution in [0.1, 0.15) is 22.5 Å². The van der Waals surface area contributed by atoms with Crippen LogP contribution in [0, 0.1) is 20.8 Å². The standard InChI is InChI=1S/C21H22ClN3O2/c1-14-8-10-18(11-9-14)27-13-20(26)23-21-15(2)24-25(16(21)3)12-17-6-4-5-7-19(17)22/h4-11H,12-13H2,1-3H3,(H,23,26). The number of nitrogens with zero attached hydrogens (tertiary/aromatic N) is 2. The summed E-state index contributed by atoms with van der Waals surface area (Å²) in [6.07, 6.45) is 0. The van der Waals surface area contributed by atoms with Crippen molar-refractivity contribution in [1.82, 2.24) is 9.78 Å². The van der Waals surface area contributed by atoms with Crippen LogP contribution >= 0.6 is 11.6 Å². The average Bonchev–Trinajstić information content (AvgIpc) is 2.90. The molecule has 1 aromatic heterocycles. The maximum absolute atomic E-state index is 12.3. The average molecular weight is 384 g/mol. The third kappa shape index (κ3) is 4.68. The fourth-order valence-electron chi connectivity index (χ4n) is 2.78. The highest BCUT2D eigenvalue weighted by Gasteiger charge is 2.15. The lowest BCUT2D eigenvalue weighted by Gasteiger charge is -2.09. The fourth-order valence-corrected chi connectivity index (χ4v) is 2.97. The molecule has 0 aliphatic carbocycles. The van der Waals surface area contributed by atoms with Crippen LogP contribution in [0.4, 0.5) is 5.69 Å². The molecule has 2 aromatic carbocycles. The highest BCUT2D eigenvalue weighted by molar-refractivity contribution is 6.31. The Morgan fingerprint density at radius 2 is 1.81 bits per heavy atom. The summed E-state index contributed by atoms with van der Waals surface area (Å²) in [5.41, 5.74) is 4.45. The van der Waals surface area contributed by atoms with Gasteiger partial charge in [-0.15, -0.1) is 0 Å². The molecule has 0 atom stereocenters. The molecule has 0 aliphatic heterocycles. The molecule has 6 heteroatoms. The smallest absolute Gasteiger partial charge is 0.262 e. The van der Waals surface area contributed by atoms with E-state index in [1.165, 1.54) is 0 Å². The van der Waals surface area contributed by atoms with Crippen LogP contribution in [0.25, 0.3) is 0 Å². The molecule has 0 unspecified atom stereocenters. The maximum Gasteiger partial charge on any atom is 0.262 e. The summed E-state index contributed by atoms with van der Waals surface area (Å²) >= 11 is 6.24. The topological polar surface area (TPSA) is 56.1 Å². The molecule has 0 saturated heterocycles. The first-order chi connectivity index (χ1) is 12.9. The molecule has 140 valence electrons. The van der Waals surface area contributed by atoms with Crippen molar-refractivity contribution in [2.24, 2.45) is 0 Å². The summed E-state index contributed by atoms with van der Waals surface area (Å²) in [6, 6.07) is 15.2. The Bertz CT molecular complexity index is 949. The molecule has 0 bridgehead atoms. The Hall–Kier alpha value is -2.79. The summed E-state index contributed by atoms with van der Waals surface area (Å²) in [5, 5.41) is 8.13. The van der Waals surface area contributed by atoms with Gasteiger partial charge in [0.15, 0.2) is 6.61 Å². The molecule has 5 nitrogen and oxygen atoms in total. The van der Waals surface area contributed by atoms with Crippen LogP contribution in [0.5, 0.6) is 5.75 Å². The van der Waals surface area contributed by atoms with Gasteiger partial charge in [-0.1, -0.05) is 47.5 Å². The minimum Gasteiger partial charge on any atom is -0.484 e. The number of aromatic nitrogens is 2. The number of amides is 1. The van der Waals surface area contributed by atoms with Crippen LogP contribution in [-0.2, 0) is 11.3 Å². The van der Waals surface area contributed by atoms with E-state index < -0.39 is 0 Å². The van der Waals surface area contributed by atoms with Crippen molar-refractivity contribution in [2.75, 3.05) is 11.9 Å². The second-order valence-corrected chi connectivity index (χ2v) is 6.85. The van der Waals surface area contributed by atoms with Gasteiger partial charge in [-0.3, -0.25) is 9.48 Å². The quantitative estimate of drug-likeness (QED) is 0.680. The van der Waals surface area contributed by atoms with E-state index in [0.717, 1.165) is 22.5 Å². The number of carbonyl (C=O) groups is 1. The van der Waals surface area contributed by atoms with Crippen molar-refractivity contribution in [3.05, 3.63) is 76.1 Å². The number of ether oxygens (including phenoxy) is 1. The van der Waals surface area contributed by atoms with Gasteiger partial charge in [0.1, 0.15) is 5.75 Å². The Kier molecular flexibility index (Phi) is 5.81. The second-order valence-electron chi connectivity index (χ2n) is 6.44. The highest BCUT2D eigenvalue weighted by atomic mass is 35.5. The molecule has 0 saturated carbocycles. The van der Waals surface area contributed by atoms with Gasteiger partial charge in [0.05, 0.1) is 23.6 Å². The minimum absolute atomic E-state index is 0.0579. The Morgan fingerprint density at radius 1 is 1.11 bits per heavy atom. The van der Waals surface area contributed by atoms with Gasteiger partial charge in [0, 0.05) is 5.02 Å². The number of hydrogen-bond acceptors (Lipinski definition) is 3. The molecule has 1 heterocycles. The molecular weight excluding hydrogens is 362 g/mol. The summed E-state index contributed by atoms with van der Waals surface area (Å²) in [5.74, 6) is 0.442. The van der Waals surface area contributed by atoms with E-state index in [0.29, 0.717) is 23.0 Å². The van der Waals surface area contributed by atoms with Crippen LogP contribution in [0.2, 0.25) is 5.02 Å². The molecule has 1 N–H and O–H groups in total. The molecule has 27 heavy (non-hydrogen) atoms. The van der Waals surface area contributed by atoms with Crippen molar-refractivity contribution in [2.45, 2.75) is 27.3 Å². The van der Waals surface area contributed by atoms with E-state index in [-0.39, 0.29) is 12.5 Å². The number of nitrogens with one attached hydrogen (secondary N) is 1. The van der Waals surface area contributed by atoms with Crippen molar-refractivity contribution >= 4 is 23.2 Å². The largest absolute Gasteiger partial charge is 0.484 e. The highest BCUT2D eigenvalue weighted by Crippen LogP contribution is 2.23. The van der Waals surface area contributed by atoms with Crippen LogP contribution in [-0.4, -0.2) is 22.3 Å². The summed E-state index contributed by atoms with van der Waals surface area (Å²) < 4.78 is 7.38. The Balaban J connectivity index is 1.66. The first-order valence-electron chi connectivity index (χ1n) is 8.71. The van der Waals surface area contributed by atoms with Gasteiger partial charge in [-0.05, 0) is 44.5 Å². The lowest BCUT2D eigenvalue weighted by Crippen LogP contribution is -2.21. The molecule has 3 rings (SSSR count). The van der Waals surface area contributed by atoms with Gasteiger partial charge in [-0.25, -0.2) is 0 Å². The number of hydrogen-bond donors (Lipinski definition) is 1. The van der Waals surface area contributed by atoms with Gasteiger partial charge < -0.3 is 10.1 Å². The van der Waals surface area contributed by atoms with E-state index in [2.05, 4.69) is 10.4 Å². The monoisotopic (exact) mass is 383 g/mol. The van der Waals surface area contributed by atoms with Crippen molar-refractivity contribution in [3.63, 3.8) is 0 Å². The van der Waals surface area contributed by atoms with Crippen LogP contribution in [0.15, 0.2) is 48.5 Å². The zero-order chi connectivity index (χ0) is 19.4. The maximum atomic E-state index is 12.3. The van der Waals surface area contributed by atoms with E-state index in [1.54, 1.807) is 0 Å². The predicted molar refractivity (Wildman–Crippen MR) is 108 cm³/mol. The number of benzene rings is 2. The van der Waals surface area contributed by atoms with E-state index in [1.807, 2.05) is 74.0 Å². The van der Waals surface area contributed by atoms with Crippen LogP contribution in [0.3, 0.4) is 0 Å². The third-order valence-corrected chi connectivity index (χ3v) is 4.68. The molecule has 0 radical (unpaired) electrons. The molecule has 1 amide bonds. The summed E-state index contributed by atoms with van der Waals surface area (Å²) in [7, 11) is 0. The zero-order valence-corrected chi connectivity index (χ0v) is 16.4. The summed E-state index contributed by atoms with van der Waals surface area (Å²) in [6.45, 7) is 6.28. The number of halogens is 1. The zero-order valence-electron chi connectivity index (χ0n) is 15.6. The van der Waals surface area contributed by atoms with Crippen molar-refractivity contribution < 1.29 is 9.53 Å². The second kappa shape index (κ2) is 8.27. The van der Waals surface area contributed by atoms with Gasteiger partial charge in [0.2, 0.25) is 0 Å². The Labute approximate surface area is 163 Å². The number of anilines is 1. The van der Waals surface area contributed by atoms with Crippen molar-refractivity contribution in [3.8, 4) is 5.75 Å². The molecule has 0 aliphatic rings. The van der Waals surface area contributed by atoms with E-state index in [4.69, 9.17) is 16.3 Å². The third-order valence-electron chi connectivity index (χ3n) is 4.31. The SMILES string of the molecule is Cc1ccc(OCC(=O)Nc2c(C)nn(Cc3ccccc3Cl)c2C)cc1. The van der Waals surface area contributed by atoms with Gasteiger partial charge in [0.25, 0.3) is 5.91 Å². The number of rotatable bonds is 6. The first-order valence-corrected chi connectivity index (χ1v) is 9.08. The minimum atomic E-state index is -0.223. The van der Waals surface area contributed by atoms with Crippen LogP contribution < -0.4 is 10.1 Å². The lowest BCUT2D eigenvalue weighted by molar-refractivity contribution is -0.118. The number of carbonyl (C=O) groups excluding carboxylic acids is 1. The number of aryl methyl sites for hydroxylation is 2. The van der Waals surface area contributed by atoms with Crippen molar-refractivity contribution in [1.29, 1.82) is 0 Å². The fraction of sp³-hybridized carbons (Fsp3) is 0.238. The molecule has 3 aromatic rings. The lowest BCUT2D eigenvalue weighted by atomic mass is 10.2.